The van der Waals surface area contributed by atoms with Crippen molar-refractivity contribution in [2.24, 2.45) is 0 Å². The predicted octanol–water partition coefficient (Wildman–Crippen LogP) is 2.16. The van der Waals surface area contributed by atoms with E-state index in [1.54, 1.807) is 6.07 Å². The molecule has 0 aliphatic heterocycles. The minimum Gasteiger partial charge on any atom is -0.298 e. The van der Waals surface area contributed by atoms with Crippen LogP contribution in [0.25, 0.3) is 0 Å². The summed E-state index contributed by atoms with van der Waals surface area (Å²) in [4.78, 5) is 10.9. The summed E-state index contributed by atoms with van der Waals surface area (Å²) in [6.07, 6.45) is 0. The van der Waals surface area contributed by atoms with Gasteiger partial charge in [-0.15, -0.1) is 0 Å². The highest BCUT2D eigenvalue weighted by Gasteiger charge is 2.17. The van der Waals surface area contributed by atoms with E-state index in [0.29, 0.717) is 6.07 Å². The van der Waals surface area contributed by atoms with E-state index in [9.17, 15) is 13.6 Å². The monoisotopic (exact) mass is 195 g/mol. The van der Waals surface area contributed by atoms with Gasteiger partial charge in [-0.05, 0) is 24.6 Å². The molecule has 0 aromatic heterocycles. The molecule has 0 heterocycles. The minimum absolute atomic E-state index is 0.0532. The lowest BCUT2D eigenvalue weighted by Crippen LogP contribution is -2.07. The number of hydrogen-bond acceptors (Lipinski definition) is 2. The topological polar surface area (TPSA) is 40.9 Å². The van der Waals surface area contributed by atoms with Gasteiger partial charge in [-0.25, -0.2) is 8.78 Å². The van der Waals surface area contributed by atoms with Crippen LogP contribution in [0.2, 0.25) is 0 Å². The average Bonchev–Trinajstić information content (AvgIpc) is 2.02. The van der Waals surface area contributed by atoms with Gasteiger partial charge < -0.3 is 0 Å². The van der Waals surface area contributed by atoms with Gasteiger partial charge in [0, 0.05) is 6.07 Å². The minimum atomic E-state index is -1.10. The van der Waals surface area contributed by atoms with Gasteiger partial charge in [-0.3, -0.25) is 4.79 Å². The molecule has 0 bridgehead atoms. The molecule has 1 atom stereocenters. The van der Waals surface area contributed by atoms with Crippen LogP contribution in [0.4, 0.5) is 8.78 Å². The van der Waals surface area contributed by atoms with Gasteiger partial charge in [-0.1, -0.05) is 0 Å². The molecule has 72 valence electrons. The Morgan fingerprint density at radius 3 is 2.21 bits per heavy atom. The van der Waals surface area contributed by atoms with Crippen molar-refractivity contribution in [3.63, 3.8) is 0 Å². The fourth-order valence-electron chi connectivity index (χ4n) is 1.14. The number of hydrogen-bond donors (Lipinski definition) is 0. The number of benzene rings is 1. The maximum absolute atomic E-state index is 12.7. The first kappa shape index (κ1) is 10.3. The van der Waals surface area contributed by atoms with Crippen LogP contribution in [0.15, 0.2) is 18.2 Å². The molecule has 0 saturated heterocycles. The standard InChI is InChI=1S/C10H7F2NO/c1-6(14)10(5-13)7-2-8(11)4-9(12)3-7/h2-4,10H,1H3. The Balaban J connectivity index is 3.18. The third-order valence-electron chi connectivity index (χ3n) is 1.75. The zero-order valence-electron chi connectivity index (χ0n) is 7.42. The normalized spacial score (nSPS) is 11.9. The van der Waals surface area contributed by atoms with Crippen molar-refractivity contribution >= 4 is 5.78 Å². The van der Waals surface area contributed by atoms with Gasteiger partial charge >= 0.3 is 0 Å². The maximum atomic E-state index is 12.7. The van der Waals surface area contributed by atoms with Crippen molar-refractivity contribution in [2.45, 2.75) is 12.8 Å². The van der Waals surface area contributed by atoms with E-state index < -0.39 is 23.3 Å². The SMILES string of the molecule is CC(=O)C(C#N)c1cc(F)cc(F)c1. The van der Waals surface area contributed by atoms with E-state index in [2.05, 4.69) is 0 Å². The van der Waals surface area contributed by atoms with Gasteiger partial charge in [0.15, 0.2) is 5.78 Å². The van der Waals surface area contributed by atoms with Crippen molar-refractivity contribution in [3.8, 4) is 6.07 Å². The molecule has 0 N–H and O–H groups in total. The summed E-state index contributed by atoms with van der Waals surface area (Å²) in [5, 5.41) is 8.62. The maximum Gasteiger partial charge on any atom is 0.151 e. The molecular formula is C10H7F2NO. The molecule has 0 saturated carbocycles. The number of halogens is 2. The van der Waals surface area contributed by atoms with Crippen LogP contribution in [0.3, 0.4) is 0 Å². The van der Waals surface area contributed by atoms with Gasteiger partial charge in [0.1, 0.15) is 17.6 Å². The highest BCUT2D eigenvalue weighted by molar-refractivity contribution is 5.86. The number of carbonyl (C=O) groups is 1. The van der Waals surface area contributed by atoms with Crippen molar-refractivity contribution in [1.82, 2.24) is 0 Å². The first-order chi connectivity index (χ1) is 6.54. The Morgan fingerprint density at radius 2 is 1.86 bits per heavy atom. The van der Waals surface area contributed by atoms with E-state index in [0.717, 1.165) is 12.1 Å². The van der Waals surface area contributed by atoms with E-state index in [1.807, 2.05) is 0 Å². The quantitative estimate of drug-likeness (QED) is 0.725. The first-order valence-corrected chi connectivity index (χ1v) is 3.90. The molecule has 0 amide bonds. The summed E-state index contributed by atoms with van der Waals surface area (Å²) < 4.78 is 25.5. The number of rotatable bonds is 2. The molecular weight excluding hydrogens is 188 g/mol. The zero-order valence-corrected chi connectivity index (χ0v) is 7.42. The van der Waals surface area contributed by atoms with Crippen LogP contribution in [0.1, 0.15) is 18.4 Å². The fraction of sp³-hybridized carbons (Fsp3) is 0.200. The Bertz CT molecular complexity index is 389. The second kappa shape index (κ2) is 3.97. The molecule has 1 unspecified atom stereocenters. The molecule has 2 nitrogen and oxygen atoms in total. The van der Waals surface area contributed by atoms with Gasteiger partial charge in [-0.2, -0.15) is 5.26 Å². The summed E-state index contributed by atoms with van der Waals surface area (Å²) in [5.74, 6) is -3.11. The van der Waals surface area contributed by atoms with E-state index >= 15 is 0 Å². The third kappa shape index (κ3) is 2.13. The average molecular weight is 195 g/mol. The van der Waals surface area contributed by atoms with Crippen molar-refractivity contribution in [3.05, 3.63) is 35.4 Å². The molecule has 0 spiro atoms. The van der Waals surface area contributed by atoms with Crippen LogP contribution < -0.4 is 0 Å². The molecule has 1 aromatic carbocycles. The lowest BCUT2D eigenvalue weighted by molar-refractivity contribution is -0.117. The highest BCUT2D eigenvalue weighted by Crippen LogP contribution is 2.18. The summed E-state index contributed by atoms with van der Waals surface area (Å²) in [5.41, 5.74) is 0.0532. The Hall–Kier alpha value is -1.76. The van der Waals surface area contributed by atoms with E-state index in [-0.39, 0.29) is 5.56 Å². The van der Waals surface area contributed by atoms with Gasteiger partial charge in [0.05, 0.1) is 6.07 Å². The number of nitriles is 1. The van der Waals surface area contributed by atoms with Crippen molar-refractivity contribution in [1.29, 1.82) is 5.26 Å². The second-order valence-corrected chi connectivity index (χ2v) is 2.88. The molecule has 0 aliphatic carbocycles. The van der Waals surface area contributed by atoms with Crippen LogP contribution in [-0.2, 0) is 4.79 Å². The van der Waals surface area contributed by atoms with E-state index in [4.69, 9.17) is 5.26 Å². The molecule has 1 aromatic rings. The van der Waals surface area contributed by atoms with Crippen LogP contribution in [-0.4, -0.2) is 5.78 Å². The molecule has 0 fully saturated rings. The predicted molar refractivity (Wildman–Crippen MR) is 45.4 cm³/mol. The van der Waals surface area contributed by atoms with E-state index in [1.165, 1.54) is 6.92 Å². The number of carbonyl (C=O) groups excluding carboxylic acids is 1. The Morgan fingerprint density at radius 1 is 1.36 bits per heavy atom. The molecule has 1 rings (SSSR count). The number of nitrogens with zero attached hydrogens (tertiary/aromatic N) is 1. The lowest BCUT2D eigenvalue weighted by Gasteiger charge is -2.05. The number of Topliss-reactive ketones (excluding diaryl/α,β-unsaturated/α-hetero) is 1. The molecule has 0 radical (unpaired) electrons. The van der Waals surface area contributed by atoms with Crippen LogP contribution in [0, 0.1) is 23.0 Å². The summed E-state index contributed by atoms with van der Waals surface area (Å²) >= 11 is 0. The van der Waals surface area contributed by atoms with Gasteiger partial charge in [0.2, 0.25) is 0 Å². The smallest absolute Gasteiger partial charge is 0.151 e. The summed E-state index contributed by atoms with van der Waals surface area (Å²) in [7, 11) is 0. The fourth-order valence-corrected chi connectivity index (χ4v) is 1.14. The van der Waals surface area contributed by atoms with Gasteiger partial charge in [0.25, 0.3) is 0 Å². The Kier molecular flexibility index (Phi) is 2.92. The van der Waals surface area contributed by atoms with Crippen molar-refractivity contribution in [2.75, 3.05) is 0 Å². The summed E-state index contributed by atoms with van der Waals surface area (Å²) in [6, 6.07) is 4.35. The van der Waals surface area contributed by atoms with Crippen LogP contribution >= 0.6 is 0 Å². The Labute approximate surface area is 79.8 Å². The summed E-state index contributed by atoms with van der Waals surface area (Å²) in [6.45, 7) is 1.21. The molecule has 4 heteroatoms. The first-order valence-electron chi connectivity index (χ1n) is 3.90. The largest absolute Gasteiger partial charge is 0.298 e. The van der Waals surface area contributed by atoms with Crippen molar-refractivity contribution < 1.29 is 13.6 Å². The lowest BCUT2D eigenvalue weighted by atomic mass is 9.97. The van der Waals surface area contributed by atoms with Crippen LogP contribution in [0.5, 0.6) is 0 Å². The second-order valence-electron chi connectivity index (χ2n) is 2.88. The highest BCUT2D eigenvalue weighted by atomic mass is 19.1. The molecule has 14 heavy (non-hydrogen) atoms. The third-order valence-corrected chi connectivity index (χ3v) is 1.75. The molecule has 0 aliphatic rings. The number of ketones is 1. The zero-order chi connectivity index (χ0) is 10.7.